The van der Waals surface area contributed by atoms with Crippen molar-refractivity contribution in [3.8, 4) is 0 Å². The quantitative estimate of drug-likeness (QED) is 0.861. The summed E-state index contributed by atoms with van der Waals surface area (Å²) in [4.78, 5) is 21.8. The van der Waals surface area contributed by atoms with Crippen molar-refractivity contribution in [2.24, 2.45) is 5.92 Å². The van der Waals surface area contributed by atoms with E-state index < -0.39 is 0 Å². The Hall–Kier alpha value is -2.37. The van der Waals surface area contributed by atoms with Gasteiger partial charge in [0.05, 0.1) is 12.0 Å². The zero-order valence-corrected chi connectivity index (χ0v) is 14.5. The van der Waals surface area contributed by atoms with Gasteiger partial charge in [0.2, 0.25) is 5.91 Å². The highest BCUT2D eigenvalue weighted by atomic mass is 16.2. The Kier molecular flexibility index (Phi) is 4.68. The van der Waals surface area contributed by atoms with Crippen molar-refractivity contribution in [1.29, 1.82) is 0 Å². The summed E-state index contributed by atoms with van der Waals surface area (Å²) in [6, 6.07) is 8.23. The van der Waals surface area contributed by atoms with Gasteiger partial charge in [0.1, 0.15) is 5.82 Å². The van der Waals surface area contributed by atoms with E-state index in [1.807, 2.05) is 47.5 Å². The van der Waals surface area contributed by atoms with Crippen molar-refractivity contribution in [3.05, 3.63) is 42.9 Å². The molecule has 0 N–H and O–H groups in total. The van der Waals surface area contributed by atoms with E-state index in [1.165, 1.54) is 0 Å². The van der Waals surface area contributed by atoms with Crippen molar-refractivity contribution in [3.63, 3.8) is 0 Å². The van der Waals surface area contributed by atoms with Crippen molar-refractivity contribution in [2.75, 3.05) is 31.1 Å². The lowest BCUT2D eigenvalue weighted by Gasteiger charge is -2.38. The number of carbonyl (C=O) groups is 1. The predicted octanol–water partition coefficient (Wildman–Crippen LogP) is 2.36. The Morgan fingerprint density at radius 3 is 2.76 bits per heavy atom. The van der Waals surface area contributed by atoms with Gasteiger partial charge in [-0.15, -0.1) is 0 Å². The lowest BCUT2D eigenvalue weighted by atomic mass is 9.95. The maximum absolute atomic E-state index is 13.1. The minimum atomic E-state index is 0.0760. The number of rotatable bonds is 3. The second kappa shape index (κ2) is 7.25. The van der Waals surface area contributed by atoms with Crippen LogP contribution in [-0.2, 0) is 4.79 Å². The second-order valence-electron chi connectivity index (χ2n) is 7.04. The number of nitrogens with zero attached hydrogens (tertiary/aromatic N) is 5. The minimum Gasteiger partial charge on any atom is -0.356 e. The Labute approximate surface area is 148 Å². The van der Waals surface area contributed by atoms with Gasteiger partial charge in [-0.2, -0.15) is 5.10 Å². The lowest BCUT2D eigenvalue weighted by molar-refractivity contribution is -0.137. The highest BCUT2D eigenvalue weighted by Gasteiger charge is 2.32. The molecule has 4 heterocycles. The van der Waals surface area contributed by atoms with Crippen LogP contribution in [0.1, 0.15) is 31.7 Å². The summed E-state index contributed by atoms with van der Waals surface area (Å²) in [7, 11) is 0. The smallest absolute Gasteiger partial charge is 0.227 e. The van der Waals surface area contributed by atoms with E-state index in [0.29, 0.717) is 11.9 Å². The summed E-state index contributed by atoms with van der Waals surface area (Å²) in [6.45, 7) is 3.41. The normalized spacial score (nSPS) is 24.3. The molecule has 0 unspecified atom stereocenters. The molecule has 2 aromatic heterocycles. The maximum atomic E-state index is 13.1. The highest BCUT2D eigenvalue weighted by molar-refractivity contribution is 5.80. The van der Waals surface area contributed by atoms with E-state index >= 15 is 0 Å². The molecule has 2 aliphatic rings. The van der Waals surface area contributed by atoms with E-state index in [2.05, 4.69) is 19.9 Å². The maximum Gasteiger partial charge on any atom is 0.227 e. The molecular formula is C19H25N5O. The van der Waals surface area contributed by atoms with Gasteiger partial charge in [-0.1, -0.05) is 6.07 Å². The van der Waals surface area contributed by atoms with Crippen molar-refractivity contribution in [2.45, 2.75) is 31.7 Å². The van der Waals surface area contributed by atoms with Crippen LogP contribution < -0.4 is 4.90 Å². The lowest BCUT2D eigenvalue weighted by Crippen LogP contribution is -2.48. The van der Waals surface area contributed by atoms with Crippen molar-refractivity contribution in [1.82, 2.24) is 19.7 Å². The number of carbonyl (C=O) groups excluding carboxylic acids is 1. The molecule has 0 bridgehead atoms. The Morgan fingerprint density at radius 2 is 1.96 bits per heavy atom. The van der Waals surface area contributed by atoms with E-state index in [4.69, 9.17) is 0 Å². The first-order valence-corrected chi connectivity index (χ1v) is 9.25. The number of likely N-dealkylation sites (tertiary alicyclic amines) is 1. The summed E-state index contributed by atoms with van der Waals surface area (Å²) in [5.74, 6) is 1.36. The van der Waals surface area contributed by atoms with E-state index in [0.717, 1.165) is 57.7 Å². The summed E-state index contributed by atoms with van der Waals surface area (Å²) < 4.78 is 2.00. The Balaban J connectivity index is 1.41. The molecule has 6 heteroatoms. The average Bonchev–Trinajstić information content (AvgIpc) is 3.23. The largest absolute Gasteiger partial charge is 0.356 e. The fraction of sp³-hybridized carbons (Fsp3) is 0.526. The van der Waals surface area contributed by atoms with E-state index in [1.54, 1.807) is 0 Å². The van der Waals surface area contributed by atoms with Crippen molar-refractivity contribution < 1.29 is 4.79 Å². The van der Waals surface area contributed by atoms with Crippen LogP contribution >= 0.6 is 0 Å². The van der Waals surface area contributed by atoms with Gasteiger partial charge in [0.15, 0.2) is 0 Å². The SMILES string of the molecule is O=C([C@@H]1CCCN(c2ccccn2)C1)N1CCC[C@@H](n2cccn2)C1. The third-order valence-corrected chi connectivity index (χ3v) is 5.35. The number of amides is 1. The molecule has 0 radical (unpaired) electrons. The molecule has 2 fully saturated rings. The topological polar surface area (TPSA) is 54.3 Å². The molecule has 2 saturated heterocycles. The van der Waals surface area contributed by atoms with Crippen LogP contribution in [0.15, 0.2) is 42.9 Å². The van der Waals surface area contributed by atoms with Gasteiger partial charge in [-0.25, -0.2) is 4.98 Å². The number of pyridine rings is 1. The van der Waals surface area contributed by atoms with Crippen molar-refractivity contribution >= 4 is 11.7 Å². The monoisotopic (exact) mass is 339 g/mol. The van der Waals surface area contributed by atoms with E-state index in [-0.39, 0.29) is 5.92 Å². The van der Waals surface area contributed by atoms with Crippen LogP contribution in [0.3, 0.4) is 0 Å². The number of hydrogen-bond donors (Lipinski definition) is 0. The number of aromatic nitrogens is 3. The molecule has 2 aliphatic heterocycles. The molecule has 4 rings (SSSR count). The van der Waals surface area contributed by atoms with Gasteiger partial charge in [-0.05, 0) is 43.9 Å². The van der Waals surface area contributed by atoms with E-state index in [9.17, 15) is 4.79 Å². The third kappa shape index (κ3) is 3.52. The Morgan fingerprint density at radius 1 is 1.04 bits per heavy atom. The van der Waals surface area contributed by atoms with Gasteiger partial charge in [-0.3, -0.25) is 9.48 Å². The van der Waals surface area contributed by atoms with Crippen LogP contribution in [0.4, 0.5) is 5.82 Å². The van der Waals surface area contributed by atoms with Gasteiger partial charge in [0.25, 0.3) is 0 Å². The fourth-order valence-electron chi connectivity index (χ4n) is 4.05. The fourth-order valence-corrected chi connectivity index (χ4v) is 4.05. The first-order valence-electron chi connectivity index (χ1n) is 9.25. The zero-order valence-electron chi connectivity index (χ0n) is 14.5. The minimum absolute atomic E-state index is 0.0760. The summed E-state index contributed by atoms with van der Waals surface area (Å²) in [6.07, 6.45) is 9.80. The highest BCUT2D eigenvalue weighted by Crippen LogP contribution is 2.26. The molecule has 2 aromatic rings. The molecule has 1 amide bonds. The molecule has 0 spiro atoms. The molecule has 25 heavy (non-hydrogen) atoms. The first-order chi connectivity index (χ1) is 12.3. The second-order valence-corrected chi connectivity index (χ2v) is 7.04. The van der Waals surface area contributed by atoms with Gasteiger partial charge >= 0.3 is 0 Å². The number of anilines is 1. The predicted molar refractivity (Wildman–Crippen MR) is 96.3 cm³/mol. The average molecular weight is 339 g/mol. The van der Waals surface area contributed by atoms with Gasteiger partial charge in [0, 0.05) is 44.8 Å². The van der Waals surface area contributed by atoms with Gasteiger partial charge < -0.3 is 9.80 Å². The first kappa shape index (κ1) is 16.1. The standard InChI is InChI=1S/C19H25N5O/c25-19(23-12-4-7-17(15-23)24-13-5-10-21-24)16-6-3-11-22(14-16)18-8-1-2-9-20-18/h1-2,5,8-10,13,16-17H,3-4,6-7,11-12,14-15H2/t16-,17-/m1/s1. The summed E-state index contributed by atoms with van der Waals surface area (Å²) >= 11 is 0. The molecular weight excluding hydrogens is 314 g/mol. The molecule has 0 aliphatic carbocycles. The van der Waals surface area contributed by atoms with Crippen LogP contribution in [0, 0.1) is 5.92 Å². The third-order valence-electron chi connectivity index (χ3n) is 5.35. The zero-order chi connectivity index (χ0) is 17.1. The Bertz CT molecular complexity index is 687. The van der Waals surface area contributed by atoms with Crippen LogP contribution in [0.5, 0.6) is 0 Å². The molecule has 0 saturated carbocycles. The number of piperidine rings is 2. The van der Waals surface area contributed by atoms with Crippen LogP contribution in [-0.4, -0.2) is 51.8 Å². The van der Waals surface area contributed by atoms with Crippen LogP contribution in [0.25, 0.3) is 0 Å². The molecule has 0 aromatic carbocycles. The summed E-state index contributed by atoms with van der Waals surface area (Å²) in [5.41, 5.74) is 0. The van der Waals surface area contributed by atoms with Crippen LogP contribution in [0.2, 0.25) is 0 Å². The number of hydrogen-bond acceptors (Lipinski definition) is 4. The molecule has 6 nitrogen and oxygen atoms in total. The summed E-state index contributed by atoms with van der Waals surface area (Å²) in [5, 5.41) is 4.36. The molecule has 2 atom stereocenters. The molecule has 132 valence electrons.